The molecule has 0 saturated heterocycles. The summed E-state index contributed by atoms with van der Waals surface area (Å²) in [6, 6.07) is 5.89. The van der Waals surface area contributed by atoms with Crippen LogP contribution in [0.25, 0.3) is 22.4 Å². The molecule has 2 heterocycles. The van der Waals surface area contributed by atoms with Crippen LogP contribution in [0, 0.1) is 13.8 Å². The summed E-state index contributed by atoms with van der Waals surface area (Å²) >= 11 is 0. The van der Waals surface area contributed by atoms with Gasteiger partial charge in [-0.3, -0.25) is 14.2 Å². The van der Waals surface area contributed by atoms with Crippen molar-refractivity contribution in [2.24, 2.45) is 0 Å². The summed E-state index contributed by atoms with van der Waals surface area (Å²) in [4.78, 5) is 27.2. The molecule has 23 heavy (non-hydrogen) atoms. The topological polar surface area (TPSA) is 98.2 Å². The lowest BCUT2D eigenvalue weighted by atomic mass is 10.0. The SMILES string of the molecule is Cc1ccc(-c2noc3c(=O)n(CCC(=O)O)cnc23)c(C)c1. The van der Waals surface area contributed by atoms with E-state index < -0.39 is 11.5 Å². The minimum atomic E-state index is -0.981. The van der Waals surface area contributed by atoms with Gasteiger partial charge in [0.25, 0.3) is 11.1 Å². The molecule has 118 valence electrons. The molecule has 7 nitrogen and oxygen atoms in total. The minimum Gasteiger partial charge on any atom is -0.481 e. The standard InChI is InChI=1S/C16H15N3O4/c1-9-3-4-11(10(2)7-9)13-14-15(23-18-13)16(22)19(8-17-14)6-5-12(20)21/h3-4,7-8H,5-6H2,1-2H3,(H,20,21). The van der Waals surface area contributed by atoms with Gasteiger partial charge in [-0.25, -0.2) is 4.98 Å². The van der Waals surface area contributed by atoms with E-state index in [1.165, 1.54) is 10.9 Å². The van der Waals surface area contributed by atoms with Gasteiger partial charge in [0.2, 0.25) is 0 Å². The first-order chi connectivity index (χ1) is 11.0. The Balaban J connectivity index is 2.10. The molecular formula is C16H15N3O4. The van der Waals surface area contributed by atoms with Gasteiger partial charge < -0.3 is 9.63 Å². The average Bonchev–Trinajstić information content (AvgIpc) is 2.91. The fraction of sp³-hybridized carbons (Fsp3) is 0.250. The molecule has 7 heteroatoms. The molecule has 0 radical (unpaired) electrons. The summed E-state index contributed by atoms with van der Waals surface area (Å²) in [5.41, 5.74) is 3.49. The Labute approximate surface area is 131 Å². The van der Waals surface area contributed by atoms with Crippen LogP contribution in [0.1, 0.15) is 17.5 Å². The summed E-state index contributed by atoms with van der Waals surface area (Å²) in [6.45, 7) is 3.99. The van der Waals surface area contributed by atoms with Crippen LogP contribution < -0.4 is 5.56 Å². The molecule has 0 saturated carbocycles. The molecule has 0 fully saturated rings. The molecule has 0 aliphatic carbocycles. The second-order valence-electron chi connectivity index (χ2n) is 5.41. The molecule has 0 aliphatic heterocycles. The Morgan fingerprint density at radius 3 is 2.83 bits per heavy atom. The van der Waals surface area contributed by atoms with Crippen molar-refractivity contribution in [1.82, 2.24) is 14.7 Å². The molecule has 3 aromatic rings. The summed E-state index contributed by atoms with van der Waals surface area (Å²) in [5.74, 6) is -0.981. The maximum Gasteiger partial charge on any atom is 0.305 e. The molecule has 0 aliphatic rings. The van der Waals surface area contributed by atoms with Gasteiger partial charge in [0.05, 0.1) is 12.7 Å². The average molecular weight is 313 g/mol. The van der Waals surface area contributed by atoms with E-state index >= 15 is 0 Å². The number of aromatic nitrogens is 3. The van der Waals surface area contributed by atoms with Crippen LogP contribution in [-0.4, -0.2) is 25.8 Å². The number of hydrogen-bond donors (Lipinski definition) is 1. The molecular weight excluding hydrogens is 298 g/mol. The maximum atomic E-state index is 12.3. The maximum absolute atomic E-state index is 12.3. The Morgan fingerprint density at radius 1 is 1.35 bits per heavy atom. The number of carboxylic acid groups (broad SMARTS) is 1. The van der Waals surface area contributed by atoms with Crippen molar-refractivity contribution in [2.75, 3.05) is 0 Å². The highest BCUT2D eigenvalue weighted by molar-refractivity contribution is 5.88. The van der Waals surface area contributed by atoms with Gasteiger partial charge in [-0.15, -0.1) is 0 Å². The Bertz CT molecular complexity index is 956. The molecule has 2 aromatic heterocycles. The third kappa shape index (κ3) is 2.73. The highest BCUT2D eigenvalue weighted by Crippen LogP contribution is 2.27. The molecule has 0 atom stereocenters. The van der Waals surface area contributed by atoms with Crippen LogP contribution in [0.2, 0.25) is 0 Å². The van der Waals surface area contributed by atoms with Crippen molar-refractivity contribution < 1.29 is 14.4 Å². The van der Waals surface area contributed by atoms with E-state index in [9.17, 15) is 9.59 Å². The monoisotopic (exact) mass is 313 g/mol. The van der Waals surface area contributed by atoms with Crippen LogP contribution in [0.3, 0.4) is 0 Å². The molecule has 0 amide bonds. The van der Waals surface area contributed by atoms with Crippen LogP contribution in [0.15, 0.2) is 33.8 Å². The van der Waals surface area contributed by atoms with E-state index in [4.69, 9.17) is 9.63 Å². The largest absolute Gasteiger partial charge is 0.481 e. The van der Waals surface area contributed by atoms with Gasteiger partial charge >= 0.3 is 5.97 Å². The molecule has 0 unspecified atom stereocenters. The van der Waals surface area contributed by atoms with Gasteiger partial charge in [-0.1, -0.05) is 28.9 Å². The molecule has 0 spiro atoms. The van der Waals surface area contributed by atoms with Crippen molar-refractivity contribution in [2.45, 2.75) is 26.8 Å². The summed E-state index contributed by atoms with van der Waals surface area (Å²) in [6.07, 6.45) is 1.17. The zero-order valence-electron chi connectivity index (χ0n) is 12.7. The van der Waals surface area contributed by atoms with Crippen molar-refractivity contribution in [3.8, 4) is 11.3 Å². The number of carbonyl (C=O) groups is 1. The predicted molar refractivity (Wildman–Crippen MR) is 83.2 cm³/mol. The normalized spacial score (nSPS) is 11.0. The highest BCUT2D eigenvalue weighted by Gasteiger charge is 2.17. The number of benzene rings is 1. The fourth-order valence-electron chi connectivity index (χ4n) is 2.49. The van der Waals surface area contributed by atoms with Gasteiger partial charge in [-0.05, 0) is 19.4 Å². The Hall–Kier alpha value is -2.96. The van der Waals surface area contributed by atoms with E-state index in [2.05, 4.69) is 10.1 Å². The van der Waals surface area contributed by atoms with Gasteiger partial charge in [0.15, 0.2) is 0 Å². The van der Waals surface area contributed by atoms with Crippen molar-refractivity contribution >= 4 is 17.1 Å². The molecule has 1 N–H and O–H groups in total. The zero-order chi connectivity index (χ0) is 16.6. The first kappa shape index (κ1) is 15.0. The molecule has 3 rings (SSSR count). The van der Waals surface area contributed by atoms with Crippen molar-refractivity contribution in [3.05, 3.63) is 46.0 Å². The second kappa shape index (κ2) is 5.68. The van der Waals surface area contributed by atoms with Crippen molar-refractivity contribution in [1.29, 1.82) is 0 Å². The number of aliphatic carboxylic acids is 1. The number of rotatable bonds is 4. The minimum absolute atomic E-state index is 0.0351. The van der Waals surface area contributed by atoms with Crippen molar-refractivity contribution in [3.63, 3.8) is 0 Å². The lowest BCUT2D eigenvalue weighted by Gasteiger charge is -2.04. The Kier molecular flexibility index (Phi) is 3.69. The van der Waals surface area contributed by atoms with Gasteiger partial charge in [0.1, 0.15) is 11.2 Å². The molecule has 1 aromatic carbocycles. The number of aryl methyl sites for hydroxylation is 3. The van der Waals surface area contributed by atoms with E-state index in [-0.39, 0.29) is 18.5 Å². The summed E-state index contributed by atoms with van der Waals surface area (Å²) < 4.78 is 6.39. The van der Waals surface area contributed by atoms with Crippen LogP contribution in [0.4, 0.5) is 0 Å². The van der Waals surface area contributed by atoms with E-state index in [1.807, 2.05) is 32.0 Å². The first-order valence-electron chi connectivity index (χ1n) is 7.11. The van der Waals surface area contributed by atoms with Crippen LogP contribution >= 0.6 is 0 Å². The lowest BCUT2D eigenvalue weighted by Crippen LogP contribution is -2.21. The third-order valence-electron chi connectivity index (χ3n) is 3.65. The highest BCUT2D eigenvalue weighted by atomic mass is 16.5. The van der Waals surface area contributed by atoms with Crippen LogP contribution in [0.5, 0.6) is 0 Å². The smallest absolute Gasteiger partial charge is 0.305 e. The number of nitrogens with zero attached hydrogens (tertiary/aromatic N) is 3. The first-order valence-corrected chi connectivity index (χ1v) is 7.11. The second-order valence-corrected chi connectivity index (χ2v) is 5.41. The van der Waals surface area contributed by atoms with Gasteiger partial charge in [-0.2, -0.15) is 0 Å². The quantitative estimate of drug-likeness (QED) is 0.792. The summed E-state index contributed by atoms with van der Waals surface area (Å²) in [7, 11) is 0. The van der Waals surface area contributed by atoms with Gasteiger partial charge in [0, 0.05) is 12.1 Å². The molecule has 0 bridgehead atoms. The Morgan fingerprint density at radius 2 is 2.13 bits per heavy atom. The fourth-order valence-corrected chi connectivity index (χ4v) is 2.49. The van der Waals surface area contributed by atoms with E-state index in [1.54, 1.807) is 0 Å². The number of hydrogen-bond acceptors (Lipinski definition) is 5. The third-order valence-corrected chi connectivity index (χ3v) is 3.65. The zero-order valence-corrected chi connectivity index (χ0v) is 12.7. The van der Waals surface area contributed by atoms with E-state index in [0.717, 1.165) is 16.7 Å². The summed E-state index contributed by atoms with van der Waals surface area (Å²) in [5, 5.41) is 12.7. The number of fused-ring (bicyclic) bond motifs is 1. The predicted octanol–water partition coefficient (Wildman–Crippen LogP) is 2.14. The van der Waals surface area contributed by atoms with E-state index in [0.29, 0.717) is 11.2 Å². The van der Waals surface area contributed by atoms with Crippen LogP contribution in [-0.2, 0) is 11.3 Å². The number of carboxylic acids is 1. The lowest BCUT2D eigenvalue weighted by molar-refractivity contribution is -0.137.